The molecule has 1 heterocycles. The molecule has 0 bridgehead atoms. The Morgan fingerprint density at radius 3 is 2.70 bits per heavy atom. The van der Waals surface area contributed by atoms with E-state index >= 15 is 0 Å². The van der Waals surface area contributed by atoms with Crippen LogP contribution in [0.1, 0.15) is 36.5 Å². The maximum Gasteiger partial charge on any atom is 0.296 e. The number of hydrogen-bond donors (Lipinski definition) is 1. The number of benzene rings is 1. The van der Waals surface area contributed by atoms with Crippen molar-refractivity contribution in [3.05, 3.63) is 22.2 Å². The lowest BCUT2D eigenvalue weighted by Crippen LogP contribution is -2.32. The second-order valence-electron chi connectivity index (χ2n) is 5.47. The van der Waals surface area contributed by atoms with Crippen LogP contribution in [0.4, 0.5) is 11.4 Å². The molecule has 1 aromatic carbocycles. The van der Waals surface area contributed by atoms with Crippen LogP contribution in [0.5, 0.6) is 0 Å². The summed E-state index contributed by atoms with van der Waals surface area (Å²) in [6.07, 6.45) is 3.93. The number of halogens is 1. The van der Waals surface area contributed by atoms with Gasteiger partial charge >= 0.3 is 0 Å². The van der Waals surface area contributed by atoms with Crippen molar-refractivity contribution in [3.8, 4) is 0 Å². The topological polar surface area (TPSA) is 49.4 Å². The first-order chi connectivity index (χ1) is 9.60. The Labute approximate surface area is 126 Å². The fourth-order valence-corrected chi connectivity index (χ4v) is 3.38. The van der Waals surface area contributed by atoms with Crippen molar-refractivity contribution in [1.82, 2.24) is 0 Å². The number of nitrogens with one attached hydrogen (secondary N) is 1. The molecule has 0 atom stereocenters. The molecule has 1 saturated carbocycles. The molecule has 1 aliphatic heterocycles. The minimum Gasteiger partial charge on any atom is -0.371 e. The Kier molecular flexibility index (Phi) is 3.54. The molecule has 20 heavy (non-hydrogen) atoms. The summed E-state index contributed by atoms with van der Waals surface area (Å²) in [6, 6.07) is 3.67. The standard InChI is InChI=1S/C15H17BrN2O2/c1-2-18(8-9-4-3-5-9)13-7-12-10(6-11(13)16)14(19)15(20)17-12/h6-7,9H,2-5,8H2,1H3,(H,17,19,20). The maximum absolute atomic E-state index is 11.7. The van der Waals surface area contributed by atoms with Crippen LogP contribution in [0.15, 0.2) is 16.6 Å². The predicted molar refractivity (Wildman–Crippen MR) is 82.3 cm³/mol. The number of anilines is 2. The monoisotopic (exact) mass is 336 g/mol. The molecule has 3 rings (SSSR count). The molecule has 1 amide bonds. The molecule has 0 radical (unpaired) electrons. The fourth-order valence-electron chi connectivity index (χ4n) is 2.78. The molecule has 0 saturated heterocycles. The fraction of sp³-hybridized carbons (Fsp3) is 0.467. The highest BCUT2D eigenvalue weighted by molar-refractivity contribution is 9.10. The van der Waals surface area contributed by atoms with Gasteiger partial charge in [-0.3, -0.25) is 9.59 Å². The third kappa shape index (κ3) is 2.24. The van der Waals surface area contributed by atoms with E-state index in [0.717, 1.165) is 29.2 Å². The zero-order chi connectivity index (χ0) is 14.3. The SMILES string of the molecule is CCN(CC1CCC1)c1cc2c(cc1Br)C(=O)C(=O)N2. The average Bonchev–Trinajstić information content (AvgIpc) is 2.64. The molecule has 1 aromatic rings. The lowest BCUT2D eigenvalue weighted by atomic mass is 9.85. The molecule has 5 heteroatoms. The highest BCUT2D eigenvalue weighted by atomic mass is 79.9. The molecule has 1 fully saturated rings. The normalized spacial score (nSPS) is 17.7. The van der Waals surface area contributed by atoms with Crippen LogP contribution in [0, 0.1) is 5.92 Å². The van der Waals surface area contributed by atoms with E-state index < -0.39 is 11.7 Å². The number of fused-ring (bicyclic) bond motifs is 1. The summed E-state index contributed by atoms with van der Waals surface area (Å²) >= 11 is 3.54. The summed E-state index contributed by atoms with van der Waals surface area (Å²) in [7, 11) is 0. The Morgan fingerprint density at radius 1 is 1.35 bits per heavy atom. The minimum absolute atomic E-state index is 0.450. The van der Waals surface area contributed by atoms with Crippen LogP contribution >= 0.6 is 15.9 Å². The molecule has 0 unspecified atom stereocenters. The van der Waals surface area contributed by atoms with Crippen LogP contribution in [-0.4, -0.2) is 24.8 Å². The molecule has 2 aliphatic rings. The van der Waals surface area contributed by atoms with Gasteiger partial charge in [-0.25, -0.2) is 0 Å². The van der Waals surface area contributed by atoms with Crippen LogP contribution in [-0.2, 0) is 4.79 Å². The smallest absolute Gasteiger partial charge is 0.296 e. The van der Waals surface area contributed by atoms with Crippen LogP contribution in [0.25, 0.3) is 0 Å². The van der Waals surface area contributed by atoms with E-state index in [-0.39, 0.29) is 0 Å². The Bertz CT molecular complexity index is 581. The number of carbonyl (C=O) groups excluding carboxylic acids is 2. The number of hydrogen-bond acceptors (Lipinski definition) is 3. The molecular formula is C15H17BrN2O2. The van der Waals surface area contributed by atoms with E-state index in [4.69, 9.17) is 0 Å². The summed E-state index contributed by atoms with van der Waals surface area (Å²) in [5, 5.41) is 2.64. The zero-order valence-corrected chi connectivity index (χ0v) is 13.0. The number of ketones is 1. The Hall–Kier alpha value is -1.36. The first-order valence-electron chi connectivity index (χ1n) is 7.04. The van der Waals surface area contributed by atoms with E-state index in [9.17, 15) is 9.59 Å². The van der Waals surface area contributed by atoms with Crippen LogP contribution in [0.2, 0.25) is 0 Å². The Morgan fingerprint density at radius 2 is 2.10 bits per heavy atom. The van der Waals surface area contributed by atoms with Crippen molar-refractivity contribution >= 4 is 39.0 Å². The van der Waals surface area contributed by atoms with Crippen molar-refractivity contribution in [2.24, 2.45) is 5.92 Å². The third-order valence-electron chi connectivity index (χ3n) is 4.21. The van der Waals surface area contributed by atoms with E-state index in [2.05, 4.69) is 33.1 Å². The Balaban J connectivity index is 1.91. The van der Waals surface area contributed by atoms with Crippen LogP contribution in [0.3, 0.4) is 0 Å². The number of amides is 1. The molecule has 106 valence electrons. The van der Waals surface area contributed by atoms with Crippen molar-refractivity contribution in [1.29, 1.82) is 0 Å². The van der Waals surface area contributed by atoms with Crippen molar-refractivity contribution in [3.63, 3.8) is 0 Å². The van der Waals surface area contributed by atoms with Crippen molar-refractivity contribution in [2.75, 3.05) is 23.3 Å². The van der Waals surface area contributed by atoms with Gasteiger partial charge in [0.25, 0.3) is 11.7 Å². The summed E-state index contributed by atoms with van der Waals surface area (Å²) in [4.78, 5) is 25.4. The predicted octanol–water partition coefficient (Wildman–Crippen LogP) is 3.21. The van der Waals surface area contributed by atoms with E-state index in [1.807, 2.05) is 6.07 Å². The van der Waals surface area contributed by atoms with Gasteiger partial charge in [0.15, 0.2) is 0 Å². The van der Waals surface area contributed by atoms with E-state index in [0.29, 0.717) is 11.3 Å². The summed E-state index contributed by atoms with van der Waals surface area (Å²) in [5.74, 6) is -0.216. The first kappa shape index (κ1) is 13.6. The number of Topliss-reactive ketones (excluding diaryl/α,β-unsaturated/α-hetero) is 1. The molecular weight excluding hydrogens is 320 g/mol. The van der Waals surface area contributed by atoms with Gasteiger partial charge in [0, 0.05) is 17.6 Å². The zero-order valence-electron chi connectivity index (χ0n) is 11.4. The van der Waals surface area contributed by atoms with Gasteiger partial charge in [-0.1, -0.05) is 6.42 Å². The van der Waals surface area contributed by atoms with Gasteiger partial charge in [-0.05, 0) is 53.7 Å². The van der Waals surface area contributed by atoms with Gasteiger partial charge in [0.05, 0.1) is 16.9 Å². The highest BCUT2D eigenvalue weighted by Crippen LogP contribution is 2.37. The molecule has 4 nitrogen and oxygen atoms in total. The van der Waals surface area contributed by atoms with E-state index in [1.54, 1.807) is 6.07 Å². The second kappa shape index (κ2) is 5.20. The van der Waals surface area contributed by atoms with Crippen molar-refractivity contribution < 1.29 is 9.59 Å². The lowest BCUT2D eigenvalue weighted by molar-refractivity contribution is -0.112. The van der Waals surface area contributed by atoms with Crippen LogP contribution < -0.4 is 10.2 Å². The van der Waals surface area contributed by atoms with Gasteiger partial charge < -0.3 is 10.2 Å². The van der Waals surface area contributed by atoms with Gasteiger partial charge in [0.1, 0.15) is 0 Å². The second-order valence-corrected chi connectivity index (χ2v) is 6.32. The lowest BCUT2D eigenvalue weighted by Gasteiger charge is -2.33. The molecule has 1 N–H and O–H groups in total. The number of carbonyl (C=O) groups is 2. The third-order valence-corrected chi connectivity index (χ3v) is 4.85. The first-order valence-corrected chi connectivity index (χ1v) is 7.83. The van der Waals surface area contributed by atoms with Gasteiger partial charge in [-0.15, -0.1) is 0 Å². The highest BCUT2D eigenvalue weighted by Gasteiger charge is 2.30. The molecule has 0 aromatic heterocycles. The number of nitrogens with zero attached hydrogens (tertiary/aromatic N) is 1. The average molecular weight is 337 g/mol. The summed E-state index contributed by atoms with van der Waals surface area (Å²) in [6.45, 7) is 4.08. The quantitative estimate of drug-likeness (QED) is 0.859. The largest absolute Gasteiger partial charge is 0.371 e. The summed E-state index contributed by atoms with van der Waals surface area (Å²) < 4.78 is 0.877. The molecule has 1 aliphatic carbocycles. The maximum atomic E-state index is 11.7. The summed E-state index contributed by atoms with van der Waals surface area (Å²) in [5.41, 5.74) is 2.14. The van der Waals surface area contributed by atoms with Gasteiger partial charge in [0.2, 0.25) is 0 Å². The van der Waals surface area contributed by atoms with E-state index in [1.165, 1.54) is 19.3 Å². The van der Waals surface area contributed by atoms with Crippen molar-refractivity contribution in [2.45, 2.75) is 26.2 Å². The van der Waals surface area contributed by atoms with Gasteiger partial charge in [-0.2, -0.15) is 0 Å². The number of rotatable bonds is 4. The molecule has 0 spiro atoms. The minimum atomic E-state index is -0.536.